The van der Waals surface area contributed by atoms with Gasteiger partial charge in [0, 0.05) is 19.4 Å². The average Bonchev–Trinajstić information content (AvgIpc) is 2.99. The number of nitrogens with two attached hydrogens (primary N) is 1. The van der Waals surface area contributed by atoms with Gasteiger partial charge in [0.15, 0.2) is 11.5 Å². The van der Waals surface area contributed by atoms with Crippen LogP contribution in [0.25, 0.3) is 11.1 Å². The van der Waals surface area contributed by atoms with Gasteiger partial charge in [0.2, 0.25) is 0 Å². The minimum Gasteiger partial charge on any atom is -0.496 e. The number of hydrogen-bond acceptors (Lipinski definition) is 5. The van der Waals surface area contributed by atoms with Crippen molar-refractivity contribution in [3.63, 3.8) is 0 Å². The Morgan fingerprint density at radius 3 is 2.41 bits per heavy atom. The number of pyridine rings is 1. The third-order valence-corrected chi connectivity index (χ3v) is 5.33. The highest BCUT2D eigenvalue weighted by Gasteiger charge is 2.49. The largest absolute Gasteiger partial charge is 0.496 e. The van der Waals surface area contributed by atoms with Gasteiger partial charge in [-0.3, -0.25) is 14.7 Å². The van der Waals surface area contributed by atoms with Gasteiger partial charge in [0.1, 0.15) is 5.75 Å². The van der Waals surface area contributed by atoms with Crippen LogP contribution in [0.15, 0.2) is 72.0 Å². The molecule has 0 radical (unpaired) electrons. The summed E-state index contributed by atoms with van der Waals surface area (Å²) in [4.78, 5) is 23.7. The molecule has 1 atom stereocenters. The molecule has 0 saturated heterocycles. The van der Waals surface area contributed by atoms with Crippen molar-refractivity contribution >= 4 is 11.9 Å². The number of aryl methyl sites for hydroxylation is 1. The Balaban J connectivity index is 1.94. The normalized spacial score (nSPS) is 18.7. The summed E-state index contributed by atoms with van der Waals surface area (Å²) in [6.07, 6.45) is 3.53. The first-order valence-electron chi connectivity index (χ1n) is 9.27. The van der Waals surface area contributed by atoms with E-state index < -0.39 is 5.54 Å². The number of ether oxygens (including phenoxy) is 1. The minimum atomic E-state index is -1.24. The number of aliphatic imine (C=N–C) groups is 1. The highest BCUT2D eigenvalue weighted by atomic mass is 16.5. The standard InChI is InChI=1S/C23H22N4O2/c1-15-12-19(9-10-20(15)29-3)23(21(28)27(2)22(24)26-23)18-8-4-6-16(13-18)17-7-5-11-25-14-17/h4-14H,1-3H3,(H2,24,26)/t23-/m0/s1. The number of amides is 1. The Kier molecular flexibility index (Phi) is 4.54. The number of aromatic nitrogens is 1. The van der Waals surface area contributed by atoms with Crippen LogP contribution in [0.5, 0.6) is 5.75 Å². The molecular formula is C23H22N4O2. The predicted molar refractivity (Wildman–Crippen MR) is 113 cm³/mol. The molecule has 0 unspecified atom stereocenters. The van der Waals surface area contributed by atoms with Crippen LogP contribution in [-0.2, 0) is 10.3 Å². The van der Waals surface area contributed by atoms with E-state index in [1.807, 2.05) is 61.5 Å². The maximum Gasteiger partial charge on any atom is 0.266 e. The van der Waals surface area contributed by atoms with Crippen molar-refractivity contribution < 1.29 is 9.53 Å². The Hall–Kier alpha value is -3.67. The molecule has 0 spiro atoms. The van der Waals surface area contributed by atoms with Gasteiger partial charge in [0.05, 0.1) is 7.11 Å². The lowest BCUT2D eigenvalue weighted by Crippen LogP contribution is -2.41. The van der Waals surface area contributed by atoms with Crippen molar-refractivity contribution in [1.82, 2.24) is 9.88 Å². The molecule has 1 aliphatic heterocycles. The SMILES string of the molecule is COc1ccc([C@]2(c3cccc(-c4cccnc4)c3)N=C(N)N(C)C2=O)cc1C. The van der Waals surface area contributed by atoms with Crippen LogP contribution in [0.3, 0.4) is 0 Å². The zero-order valence-electron chi connectivity index (χ0n) is 16.6. The highest BCUT2D eigenvalue weighted by molar-refractivity contribution is 6.09. The highest BCUT2D eigenvalue weighted by Crippen LogP contribution is 2.41. The number of carbonyl (C=O) groups is 1. The van der Waals surface area contributed by atoms with E-state index in [4.69, 9.17) is 10.5 Å². The van der Waals surface area contributed by atoms with E-state index >= 15 is 0 Å². The Morgan fingerprint density at radius 2 is 1.79 bits per heavy atom. The third-order valence-electron chi connectivity index (χ3n) is 5.33. The molecule has 2 aromatic carbocycles. The number of benzene rings is 2. The number of nitrogens with zero attached hydrogens (tertiary/aromatic N) is 3. The molecule has 0 saturated carbocycles. The Bertz CT molecular complexity index is 1110. The van der Waals surface area contributed by atoms with Crippen LogP contribution in [-0.4, -0.2) is 35.9 Å². The molecule has 146 valence electrons. The second-order valence-electron chi connectivity index (χ2n) is 7.05. The lowest BCUT2D eigenvalue weighted by molar-refractivity contribution is -0.129. The van der Waals surface area contributed by atoms with Crippen molar-refractivity contribution in [2.75, 3.05) is 14.2 Å². The summed E-state index contributed by atoms with van der Waals surface area (Å²) in [5.74, 6) is 0.752. The summed E-state index contributed by atoms with van der Waals surface area (Å²) in [5.41, 5.74) is 9.18. The molecule has 0 aliphatic carbocycles. The van der Waals surface area contributed by atoms with E-state index in [1.165, 1.54) is 4.90 Å². The zero-order valence-corrected chi connectivity index (χ0v) is 16.6. The van der Waals surface area contributed by atoms with Crippen LogP contribution in [0.4, 0.5) is 0 Å². The topological polar surface area (TPSA) is 80.8 Å². The maximum atomic E-state index is 13.4. The summed E-state index contributed by atoms with van der Waals surface area (Å²) in [6.45, 7) is 1.94. The first kappa shape index (κ1) is 18.7. The summed E-state index contributed by atoms with van der Waals surface area (Å²) < 4.78 is 5.38. The van der Waals surface area contributed by atoms with Crippen molar-refractivity contribution in [2.24, 2.45) is 10.7 Å². The molecule has 4 rings (SSSR count). The van der Waals surface area contributed by atoms with Crippen LogP contribution >= 0.6 is 0 Å². The first-order valence-corrected chi connectivity index (χ1v) is 9.27. The molecule has 6 nitrogen and oxygen atoms in total. The fourth-order valence-electron chi connectivity index (χ4n) is 3.74. The Morgan fingerprint density at radius 1 is 1.03 bits per heavy atom. The van der Waals surface area contributed by atoms with Crippen molar-refractivity contribution in [1.29, 1.82) is 0 Å². The average molecular weight is 386 g/mol. The van der Waals surface area contributed by atoms with E-state index in [-0.39, 0.29) is 11.9 Å². The quantitative estimate of drug-likeness (QED) is 0.747. The molecule has 3 aromatic rings. The second-order valence-corrected chi connectivity index (χ2v) is 7.05. The summed E-state index contributed by atoms with van der Waals surface area (Å²) in [6, 6.07) is 17.3. The van der Waals surface area contributed by atoms with E-state index in [2.05, 4.69) is 9.98 Å². The Labute approximate surface area is 169 Å². The molecule has 1 amide bonds. The maximum absolute atomic E-state index is 13.4. The number of methoxy groups -OCH3 is 1. The predicted octanol–water partition coefficient (Wildman–Crippen LogP) is 3.10. The van der Waals surface area contributed by atoms with Crippen molar-refractivity contribution in [2.45, 2.75) is 12.5 Å². The zero-order chi connectivity index (χ0) is 20.6. The van der Waals surface area contributed by atoms with Crippen LogP contribution in [0.2, 0.25) is 0 Å². The third kappa shape index (κ3) is 2.93. The number of guanidine groups is 1. The van der Waals surface area contributed by atoms with Gasteiger partial charge >= 0.3 is 0 Å². The van der Waals surface area contributed by atoms with Gasteiger partial charge in [-0.2, -0.15) is 0 Å². The van der Waals surface area contributed by atoms with E-state index in [0.29, 0.717) is 0 Å². The van der Waals surface area contributed by atoms with Crippen LogP contribution in [0.1, 0.15) is 16.7 Å². The van der Waals surface area contributed by atoms with Gasteiger partial charge in [-0.15, -0.1) is 0 Å². The van der Waals surface area contributed by atoms with Crippen LogP contribution < -0.4 is 10.5 Å². The summed E-state index contributed by atoms with van der Waals surface area (Å²) in [7, 11) is 3.27. The molecule has 6 heteroatoms. The summed E-state index contributed by atoms with van der Waals surface area (Å²) >= 11 is 0. The molecular weight excluding hydrogens is 364 g/mol. The number of hydrogen-bond donors (Lipinski definition) is 1. The van der Waals surface area contributed by atoms with E-state index in [0.717, 1.165) is 33.6 Å². The van der Waals surface area contributed by atoms with E-state index in [1.54, 1.807) is 26.6 Å². The molecule has 2 N–H and O–H groups in total. The molecule has 29 heavy (non-hydrogen) atoms. The van der Waals surface area contributed by atoms with Crippen molar-refractivity contribution in [3.8, 4) is 16.9 Å². The second kappa shape index (κ2) is 7.05. The summed E-state index contributed by atoms with van der Waals surface area (Å²) in [5, 5.41) is 0. The fourth-order valence-corrected chi connectivity index (χ4v) is 3.74. The van der Waals surface area contributed by atoms with Gasteiger partial charge in [-0.25, -0.2) is 4.99 Å². The lowest BCUT2D eigenvalue weighted by atomic mass is 9.81. The molecule has 1 aliphatic rings. The van der Waals surface area contributed by atoms with Gasteiger partial charge in [0.25, 0.3) is 5.91 Å². The smallest absolute Gasteiger partial charge is 0.266 e. The van der Waals surface area contributed by atoms with Crippen molar-refractivity contribution in [3.05, 3.63) is 83.7 Å². The monoisotopic (exact) mass is 386 g/mol. The molecule has 1 aromatic heterocycles. The van der Waals surface area contributed by atoms with E-state index in [9.17, 15) is 4.79 Å². The lowest BCUT2D eigenvalue weighted by Gasteiger charge is -2.27. The number of rotatable bonds is 4. The number of likely N-dealkylation sites (N-methyl/N-ethyl adjacent to an activating group) is 1. The van der Waals surface area contributed by atoms with Gasteiger partial charge in [-0.05, 0) is 59.0 Å². The minimum absolute atomic E-state index is 0.190. The van der Waals surface area contributed by atoms with Crippen LogP contribution in [0, 0.1) is 6.92 Å². The van der Waals surface area contributed by atoms with Gasteiger partial charge < -0.3 is 10.5 Å². The number of carbonyl (C=O) groups excluding carboxylic acids is 1. The first-order chi connectivity index (χ1) is 14.0. The molecule has 0 fully saturated rings. The van der Waals surface area contributed by atoms with Gasteiger partial charge in [-0.1, -0.05) is 30.3 Å². The molecule has 2 heterocycles. The molecule has 0 bridgehead atoms. The fraction of sp³-hybridized carbons (Fsp3) is 0.174.